The highest BCUT2D eigenvalue weighted by atomic mass is 16.5. The van der Waals surface area contributed by atoms with E-state index in [1.807, 2.05) is 24.5 Å². The van der Waals surface area contributed by atoms with Gasteiger partial charge < -0.3 is 15.8 Å². The number of anilines is 2. The number of pyridine rings is 1. The van der Waals surface area contributed by atoms with E-state index in [0.717, 1.165) is 13.0 Å². The van der Waals surface area contributed by atoms with Crippen molar-refractivity contribution in [1.29, 1.82) is 0 Å². The zero-order valence-corrected chi connectivity index (χ0v) is 11.1. The fraction of sp³-hybridized carbons (Fsp3) is 0.357. The molecule has 1 saturated heterocycles. The summed E-state index contributed by atoms with van der Waals surface area (Å²) in [6, 6.07) is 5.94. The van der Waals surface area contributed by atoms with Crippen LogP contribution in [-0.2, 0) is 11.2 Å². The molecule has 0 unspecified atom stereocenters. The van der Waals surface area contributed by atoms with Gasteiger partial charge in [-0.25, -0.2) is 4.98 Å². The Morgan fingerprint density at radius 2 is 2.05 bits per heavy atom. The Morgan fingerprint density at radius 3 is 2.85 bits per heavy atom. The molecule has 0 aromatic carbocycles. The molecule has 20 heavy (non-hydrogen) atoms. The molecule has 3 N–H and O–H groups in total. The van der Waals surface area contributed by atoms with Gasteiger partial charge in [-0.15, -0.1) is 0 Å². The molecule has 0 spiro atoms. The van der Waals surface area contributed by atoms with Crippen LogP contribution in [0.25, 0.3) is 0 Å². The minimum atomic E-state index is 0.199. The van der Waals surface area contributed by atoms with Crippen molar-refractivity contribution >= 4 is 11.8 Å². The van der Waals surface area contributed by atoms with Crippen LogP contribution in [0, 0.1) is 5.92 Å². The molecular formula is C14H17N5O. The maximum absolute atomic E-state index is 5.66. The van der Waals surface area contributed by atoms with Crippen LogP contribution in [0.1, 0.15) is 5.56 Å². The topological polar surface area (TPSA) is 86.0 Å². The summed E-state index contributed by atoms with van der Waals surface area (Å²) in [5.74, 6) is 1.41. The summed E-state index contributed by atoms with van der Waals surface area (Å²) in [5.41, 5.74) is 6.92. The summed E-state index contributed by atoms with van der Waals surface area (Å²) in [5, 5.41) is 3.31. The van der Waals surface area contributed by atoms with Crippen molar-refractivity contribution in [3.05, 3.63) is 42.4 Å². The Kier molecular flexibility index (Phi) is 3.73. The van der Waals surface area contributed by atoms with Gasteiger partial charge in [-0.2, -0.15) is 4.98 Å². The molecule has 2 aromatic rings. The van der Waals surface area contributed by atoms with E-state index in [0.29, 0.717) is 24.3 Å². The molecule has 3 rings (SSSR count). The summed E-state index contributed by atoms with van der Waals surface area (Å²) >= 11 is 0. The third-order valence-corrected chi connectivity index (χ3v) is 3.44. The normalized spacial score (nSPS) is 21.8. The second-order valence-electron chi connectivity index (χ2n) is 4.91. The molecule has 1 aliphatic rings. The van der Waals surface area contributed by atoms with Crippen LogP contribution in [0.5, 0.6) is 0 Å². The van der Waals surface area contributed by atoms with Gasteiger partial charge in [0.05, 0.1) is 19.3 Å². The number of nitrogens with two attached hydrogens (primary N) is 1. The fourth-order valence-electron chi connectivity index (χ4n) is 2.39. The maximum Gasteiger partial charge on any atom is 0.224 e. The smallest absolute Gasteiger partial charge is 0.224 e. The molecule has 6 heteroatoms. The number of nitrogen functional groups attached to an aromatic ring is 1. The Hall–Kier alpha value is -2.21. The van der Waals surface area contributed by atoms with E-state index in [-0.39, 0.29) is 6.04 Å². The summed E-state index contributed by atoms with van der Waals surface area (Å²) in [6.45, 7) is 1.40. The second kappa shape index (κ2) is 5.83. The fourth-order valence-corrected chi connectivity index (χ4v) is 2.39. The van der Waals surface area contributed by atoms with Crippen molar-refractivity contribution in [1.82, 2.24) is 15.0 Å². The van der Waals surface area contributed by atoms with Gasteiger partial charge in [-0.3, -0.25) is 4.98 Å². The molecule has 0 amide bonds. The Labute approximate surface area is 117 Å². The molecular weight excluding hydrogens is 254 g/mol. The number of hydrogen-bond acceptors (Lipinski definition) is 6. The van der Waals surface area contributed by atoms with E-state index < -0.39 is 0 Å². The zero-order chi connectivity index (χ0) is 13.8. The summed E-state index contributed by atoms with van der Waals surface area (Å²) in [6.07, 6.45) is 6.23. The van der Waals surface area contributed by atoms with Crippen LogP contribution in [0.4, 0.5) is 11.8 Å². The van der Waals surface area contributed by atoms with Gasteiger partial charge in [0.2, 0.25) is 5.95 Å². The lowest BCUT2D eigenvalue weighted by atomic mass is 9.95. The monoisotopic (exact) mass is 271 g/mol. The van der Waals surface area contributed by atoms with Crippen LogP contribution < -0.4 is 11.1 Å². The SMILES string of the molecule is Nc1ccnc(N[C@H]2COC[C@H]2Cc2ccncc2)n1. The molecule has 0 saturated carbocycles. The van der Waals surface area contributed by atoms with E-state index in [2.05, 4.69) is 20.3 Å². The molecule has 0 aliphatic carbocycles. The first-order valence-corrected chi connectivity index (χ1v) is 6.63. The first kappa shape index (κ1) is 12.8. The molecule has 2 aromatic heterocycles. The predicted octanol–water partition coefficient (Wildman–Crippen LogP) is 1.12. The highest BCUT2D eigenvalue weighted by Gasteiger charge is 2.28. The van der Waals surface area contributed by atoms with Crippen molar-refractivity contribution < 1.29 is 4.74 Å². The van der Waals surface area contributed by atoms with Crippen molar-refractivity contribution in [2.45, 2.75) is 12.5 Å². The third kappa shape index (κ3) is 3.03. The molecule has 3 heterocycles. The standard InChI is InChI=1S/C14H17N5O/c15-13-3-6-17-14(19-13)18-12-9-20-8-11(12)7-10-1-4-16-5-2-10/h1-6,11-12H,7-9H2,(H3,15,17,18,19)/t11-,12+/m1/s1. The molecule has 2 atom stereocenters. The van der Waals surface area contributed by atoms with Gasteiger partial charge in [0.25, 0.3) is 0 Å². The van der Waals surface area contributed by atoms with Crippen molar-refractivity contribution in [2.24, 2.45) is 5.92 Å². The van der Waals surface area contributed by atoms with Crippen molar-refractivity contribution in [3.8, 4) is 0 Å². The first-order chi connectivity index (χ1) is 9.81. The minimum absolute atomic E-state index is 0.199. The average Bonchev–Trinajstić information content (AvgIpc) is 2.87. The summed E-state index contributed by atoms with van der Waals surface area (Å²) in [7, 11) is 0. The van der Waals surface area contributed by atoms with Gasteiger partial charge in [0.15, 0.2) is 0 Å². The Morgan fingerprint density at radius 1 is 1.20 bits per heavy atom. The van der Waals surface area contributed by atoms with E-state index in [1.165, 1.54) is 5.56 Å². The second-order valence-corrected chi connectivity index (χ2v) is 4.91. The highest BCUT2D eigenvalue weighted by Crippen LogP contribution is 2.21. The quantitative estimate of drug-likeness (QED) is 0.866. The van der Waals surface area contributed by atoms with Gasteiger partial charge in [-0.1, -0.05) is 0 Å². The summed E-state index contributed by atoms with van der Waals surface area (Å²) in [4.78, 5) is 12.4. The maximum atomic E-state index is 5.66. The Balaban J connectivity index is 1.66. The lowest BCUT2D eigenvalue weighted by Crippen LogP contribution is -2.30. The van der Waals surface area contributed by atoms with E-state index in [4.69, 9.17) is 10.5 Å². The van der Waals surface area contributed by atoms with Crippen LogP contribution >= 0.6 is 0 Å². The molecule has 0 bridgehead atoms. The molecule has 6 nitrogen and oxygen atoms in total. The molecule has 1 aliphatic heterocycles. The Bertz CT molecular complexity index is 563. The predicted molar refractivity (Wildman–Crippen MR) is 76.1 cm³/mol. The van der Waals surface area contributed by atoms with Gasteiger partial charge in [0.1, 0.15) is 5.82 Å². The zero-order valence-electron chi connectivity index (χ0n) is 11.1. The lowest BCUT2D eigenvalue weighted by molar-refractivity contribution is 0.185. The number of nitrogens with one attached hydrogen (secondary N) is 1. The lowest BCUT2D eigenvalue weighted by Gasteiger charge is -2.19. The number of rotatable bonds is 4. The number of nitrogens with zero attached hydrogens (tertiary/aromatic N) is 3. The number of aromatic nitrogens is 3. The van der Waals surface area contributed by atoms with Crippen molar-refractivity contribution in [2.75, 3.05) is 24.3 Å². The molecule has 0 radical (unpaired) electrons. The van der Waals surface area contributed by atoms with E-state index in [9.17, 15) is 0 Å². The summed E-state index contributed by atoms with van der Waals surface area (Å²) < 4.78 is 5.58. The minimum Gasteiger partial charge on any atom is -0.384 e. The van der Waals surface area contributed by atoms with Crippen LogP contribution in [0.3, 0.4) is 0 Å². The van der Waals surface area contributed by atoms with E-state index in [1.54, 1.807) is 12.3 Å². The van der Waals surface area contributed by atoms with Crippen LogP contribution in [0.2, 0.25) is 0 Å². The average molecular weight is 271 g/mol. The molecule has 1 fully saturated rings. The van der Waals surface area contributed by atoms with Gasteiger partial charge in [0, 0.05) is 24.5 Å². The first-order valence-electron chi connectivity index (χ1n) is 6.63. The van der Waals surface area contributed by atoms with Gasteiger partial charge >= 0.3 is 0 Å². The van der Waals surface area contributed by atoms with Crippen molar-refractivity contribution in [3.63, 3.8) is 0 Å². The largest absolute Gasteiger partial charge is 0.384 e. The molecule has 104 valence electrons. The van der Waals surface area contributed by atoms with Crippen LogP contribution in [0.15, 0.2) is 36.8 Å². The third-order valence-electron chi connectivity index (χ3n) is 3.44. The highest BCUT2D eigenvalue weighted by molar-refractivity contribution is 5.36. The number of hydrogen-bond donors (Lipinski definition) is 2. The van der Waals surface area contributed by atoms with Gasteiger partial charge in [-0.05, 0) is 30.2 Å². The van der Waals surface area contributed by atoms with Crippen LogP contribution in [-0.4, -0.2) is 34.2 Å². The van der Waals surface area contributed by atoms with E-state index >= 15 is 0 Å². The number of ether oxygens (including phenoxy) is 1.